The van der Waals surface area contributed by atoms with Gasteiger partial charge in [0, 0.05) is 31.3 Å². The standard InChI is InChI=1S/C24H21N3O6S/c1-16(28)33-19-11-5-3-9-17(19)15-32-23-18-10-4-6-12-20(18)34(30,31)27(2)22(23)24(29)26-21-13-7-8-14-25-21/h3-14H,15H2,1-2H3,(H,25,26,29). The van der Waals surface area contributed by atoms with Gasteiger partial charge in [-0.05, 0) is 30.3 Å². The van der Waals surface area contributed by atoms with Crippen LogP contribution in [0.2, 0.25) is 0 Å². The van der Waals surface area contributed by atoms with Crippen LogP contribution in [0.1, 0.15) is 18.1 Å². The predicted octanol–water partition coefficient (Wildman–Crippen LogP) is 3.17. The van der Waals surface area contributed by atoms with Crippen LogP contribution in [-0.4, -0.2) is 36.6 Å². The molecule has 10 heteroatoms. The van der Waals surface area contributed by atoms with Crippen molar-refractivity contribution in [1.29, 1.82) is 0 Å². The third-order valence-electron chi connectivity index (χ3n) is 5.02. The number of anilines is 1. The molecule has 1 aromatic heterocycles. The summed E-state index contributed by atoms with van der Waals surface area (Å²) in [5.41, 5.74) is 0.592. The number of likely N-dealkylation sites (N-methyl/N-ethyl adjacent to an activating group) is 1. The Balaban J connectivity index is 1.78. The Morgan fingerprint density at radius 2 is 1.71 bits per heavy atom. The molecule has 0 aliphatic carbocycles. The highest BCUT2D eigenvalue weighted by Crippen LogP contribution is 2.37. The first-order valence-electron chi connectivity index (χ1n) is 10.2. The summed E-state index contributed by atoms with van der Waals surface area (Å²) in [4.78, 5) is 28.8. The SMILES string of the molecule is CC(=O)Oc1ccccc1COC1=C(C(=O)Nc2ccccn2)N(C)S(=O)(=O)c2ccccc21. The highest BCUT2D eigenvalue weighted by molar-refractivity contribution is 7.89. The first-order valence-corrected chi connectivity index (χ1v) is 11.7. The van der Waals surface area contributed by atoms with Crippen molar-refractivity contribution >= 4 is 33.5 Å². The van der Waals surface area contributed by atoms with Crippen LogP contribution in [0.15, 0.2) is 83.5 Å². The largest absolute Gasteiger partial charge is 0.486 e. The third kappa shape index (κ3) is 4.48. The highest BCUT2D eigenvalue weighted by Gasteiger charge is 2.39. The molecule has 0 unspecified atom stereocenters. The van der Waals surface area contributed by atoms with Crippen LogP contribution in [0, 0.1) is 0 Å². The normalized spacial score (nSPS) is 14.2. The number of para-hydroxylation sites is 1. The van der Waals surface area contributed by atoms with Crippen molar-refractivity contribution in [2.24, 2.45) is 0 Å². The van der Waals surface area contributed by atoms with Crippen LogP contribution in [-0.2, 0) is 31.0 Å². The van der Waals surface area contributed by atoms with Crippen molar-refractivity contribution in [3.63, 3.8) is 0 Å². The first kappa shape index (κ1) is 23.0. The lowest BCUT2D eigenvalue weighted by Crippen LogP contribution is -2.37. The summed E-state index contributed by atoms with van der Waals surface area (Å²) < 4.78 is 38.5. The second-order valence-electron chi connectivity index (χ2n) is 7.31. The number of esters is 1. The first-order chi connectivity index (χ1) is 16.3. The van der Waals surface area contributed by atoms with E-state index in [0.717, 1.165) is 4.31 Å². The molecule has 9 nitrogen and oxygen atoms in total. The van der Waals surface area contributed by atoms with Gasteiger partial charge in [0.15, 0.2) is 11.5 Å². The Bertz CT molecular complexity index is 1390. The zero-order chi connectivity index (χ0) is 24.3. The molecule has 0 bridgehead atoms. The van der Waals surface area contributed by atoms with Gasteiger partial charge in [-0.3, -0.25) is 13.9 Å². The maximum Gasteiger partial charge on any atom is 0.308 e. The smallest absolute Gasteiger partial charge is 0.308 e. The van der Waals surface area contributed by atoms with E-state index in [1.165, 1.54) is 26.2 Å². The summed E-state index contributed by atoms with van der Waals surface area (Å²) >= 11 is 0. The van der Waals surface area contributed by atoms with Crippen molar-refractivity contribution in [3.8, 4) is 5.75 Å². The lowest BCUT2D eigenvalue weighted by Gasteiger charge is -2.30. The van der Waals surface area contributed by atoms with Crippen molar-refractivity contribution < 1.29 is 27.5 Å². The summed E-state index contributed by atoms with van der Waals surface area (Å²) in [5, 5.41) is 2.61. The number of amides is 1. The second-order valence-corrected chi connectivity index (χ2v) is 9.24. The van der Waals surface area contributed by atoms with Crippen LogP contribution in [0.25, 0.3) is 5.76 Å². The number of sulfonamides is 1. The molecule has 0 saturated heterocycles. The van der Waals surface area contributed by atoms with Gasteiger partial charge in [-0.1, -0.05) is 36.4 Å². The number of fused-ring (bicyclic) bond motifs is 1. The molecule has 1 aliphatic rings. The van der Waals surface area contributed by atoms with Gasteiger partial charge in [0.1, 0.15) is 18.2 Å². The number of hydrogen-bond acceptors (Lipinski definition) is 7. The van der Waals surface area contributed by atoms with E-state index in [1.807, 2.05) is 0 Å². The molecular weight excluding hydrogens is 458 g/mol. The lowest BCUT2D eigenvalue weighted by molar-refractivity contribution is -0.132. The Morgan fingerprint density at radius 1 is 1.00 bits per heavy atom. The summed E-state index contributed by atoms with van der Waals surface area (Å²) in [6.45, 7) is 1.21. The van der Waals surface area contributed by atoms with Gasteiger partial charge in [0.2, 0.25) is 0 Å². The van der Waals surface area contributed by atoms with Crippen LogP contribution in [0.3, 0.4) is 0 Å². The van der Waals surface area contributed by atoms with Crippen LogP contribution < -0.4 is 10.1 Å². The summed E-state index contributed by atoms with van der Waals surface area (Å²) in [6.07, 6.45) is 1.50. The fourth-order valence-corrected chi connectivity index (χ4v) is 4.84. The van der Waals surface area contributed by atoms with Crippen LogP contribution in [0.4, 0.5) is 5.82 Å². The predicted molar refractivity (Wildman–Crippen MR) is 124 cm³/mol. The fourth-order valence-electron chi connectivity index (χ4n) is 3.45. The zero-order valence-corrected chi connectivity index (χ0v) is 19.2. The number of carbonyl (C=O) groups is 2. The fraction of sp³-hybridized carbons (Fsp3) is 0.125. The second kappa shape index (κ2) is 9.36. The Hall–Kier alpha value is -4.18. The van der Waals surface area contributed by atoms with E-state index < -0.39 is 21.9 Å². The van der Waals surface area contributed by atoms with Crippen molar-refractivity contribution in [3.05, 3.63) is 89.8 Å². The van der Waals surface area contributed by atoms with Crippen molar-refractivity contribution in [1.82, 2.24) is 9.29 Å². The molecule has 174 valence electrons. The quantitative estimate of drug-likeness (QED) is 0.427. The lowest BCUT2D eigenvalue weighted by atomic mass is 10.1. The number of hydrogen-bond donors (Lipinski definition) is 1. The number of aromatic nitrogens is 1. The average molecular weight is 480 g/mol. The highest BCUT2D eigenvalue weighted by atomic mass is 32.2. The number of benzene rings is 2. The van der Waals surface area contributed by atoms with Gasteiger partial charge in [0.25, 0.3) is 15.9 Å². The number of rotatable bonds is 6. The van der Waals surface area contributed by atoms with Gasteiger partial charge in [0.05, 0.1) is 4.90 Å². The minimum Gasteiger partial charge on any atom is -0.486 e. The van der Waals surface area contributed by atoms with Crippen LogP contribution in [0.5, 0.6) is 5.75 Å². The molecular formula is C24H21N3O6S. The molecule has 2 aromatic carbocycles. The van der Waals surface area contributed by atoms with E-state index in [4.69, 9.17) is 9.47 Å². The van der Waals surface area contributed by atoms with E-state index in [-0.39, 0.29) is 34.3 Å². The molecule has 34 heavy (non-hydrogen) atoms. The van der Waals surface area contributed by atoms with E-state index >= 15 is 0 Å². The summed E-state index contributed by atoms with van der Waals surface area (Å²) in [7, 11) is -2.72. The maximum atomic E-state index is 13.2. The molecule has 3 aromatic rings. The molecule has 2 heterocycles. The Kier molecular flexibility index (Phi) is 6.33. The van der Waals surface area contributed by atoms with Crippen molar-refractivity contribution in [2.45, 2.75) is 18.4 Å². The molecule has 1 amide bonds. The van der Waals surface area contributed by atoms with E-state index in [0.29, 0.717) is 11.3 Å². The van der Waals surface area contributed by atoms with Crippen LogP contribution >= 0.6 is 0 Å². The average Bonchev–Trinajstić information content (AvgIpc) is 2.82. The summed E-state index contributed by atoms with van der Waals surface area (Å²) in [6, 6.07) is 18.0. The third-order valence-corrected chi connectivity index (χ3v) is 6.84. The minimum absolute atomic E-state index is 0.00940. The number of nitrogens with zero attached hydrogens (tertiary/aromatic N) is 2. The van der Waals surface area contributed by atoms with E-state index in [2.05, 4.69) is 10.3 Å². The van der Waals surface area contributed by atoms with Gasteiger partial charge in [-0.15, -0.1) is 0 Å². The molecule has 0 saturated carbocycles. The van der Waals surface area contributed by atoms with Gasteiger partial charge < -0.3 is 14.8 Å². The van der Waals surface area contributed by atoms with Gasteiger partial charge >= 0.3 is 5.97 Å². The zero-order valence-electron chi connectivity index (χ0n) is 18.4. The molecule has 0 spiro atoms. The van der Waals surface area contributed by atoms with E-state index in [1.54, 1.807) is 60.7 Å². The maximum absolute atomic E-state index is 13.2. The molecule has 0 atom stereocenters. The molecule has 4 rings (SSSR count). The monoisotopic (exact) mass is 479 g/mol. The van der Waals surface area contributed by atoms with Crippen molar-refractivity contribution in [2.75, 3.05) is 12.4 Å². The molecule has 0 fully saturated rings. The summed E-state index contributed by atoms with van der Waals surface area (Å²) in [5.74, 6) is -0.568. The van der Waals surface area contributed by atoms with Gasteiger partial charge in [-0.2, -0.15) is 0 Å². The topological polar surface area (TPSA) is 115 Å². The number of carbonyl (C=O) groups excluding carboxylic acids is 2. The Labute approximate surface area is 196 Å². The minimum atomic E-state index is -4.00. The van der Waals surface area contributed by atoms with Gasteiger partial charge in [-0.25, -0.2) is 13.4 Å². The number of pyridine rings is 1. The number of ether oxygens (including phenoxy) is 2. The molecule has 1 N–H and O–H groups in total. The number of nitrogens with one attached hydrogen (secondary N) is 1. The molecule has 1 aliphatic heterocycles. The molecule has 0 radical (unpaired) electrons. The van der Waals surface area contributed by atoms with E-state index in [9.17, 15) is 18.0 Å². The Morgan fingerprint density at radius 3 is 2.44 bits per heavy atom.